The van der Waals surface area contributed by atoms with Gasteiger partial charge in [0.15, 0.2) is 11.6 Å². The molecule has 0 atom stereocenters. The molecule has 110 valence electrons. The maximum absolute atomic E-state index is 14.1. The van der Waals surface area contributed by atoms with Crippen molar-refractivity contribution in [3.05, 3.63) is 50.3 Å². The van der Waals surface area contributed by atoms with Crippen LogP contribution in [0.3, 0.4) is 0 Å². The van der Waals surface area contributed by atoms with Gasteiger partial charge in [0, 0.05) is 22.2 Å². The lowest BCUT2D eigenvalue weighted by Gasteiger charge is -2.12. The molecule has 0 aliphatic rings. The minimum Gasteiger partial charge on any atom is -0.371 e. The molecule has 1 aromatic carbocycles. The van der Waals surface area contributed by atoms with Crippen LogP contribution in [0.4, 0.5) is 15.9 Å². The summed E-state index contributed by atoms with van der Waals surface area (Å²) in [5.41, 5.74) is 1.50. The summed E-state index contributed by atoms with van der Waals surface area (Å²) >= 11 is 6.76. The Morgan fingerprint density at radius 2 is 1.90 bits per heavy atom. The first-order chi connectivity index (χ1) is 9.93. The lowest BCUT2D eigenvalue weighted by atomic mass is 10.2. The van der Waals surface area contributed by atoms with Crippen LogP contribution in [-0.2, 0) is 0 Å². The number of anilines is 2. The second kappa shape index (κ2) is 6.53. The second-order valence-electron chi connectivity index (χ2n) is 4.33. The fraction of sp³-hybridized carbons (Fsp3) is 0.143. The molecule has 0 aliphatic carbocycles. The molecular weight excluding hydrogens is 405 g/mol. The number of nitrogens with one attached hydrogen (secondary N) is 2. The molecule has 0 saturated carbocycles. The van der Waals surface area contributed by atoms with Gasteiger partial charge in [-0.3, -0.25) is 4.79 Å². The zero-order valence-corrected chi connectivity index (χ0v) is 14.5. The molecule has 0 aliphatic heterocycles. The van der Waals surface area contributed by atoms with Crippen LogP contribution in [0.2, 0.25) is 0 Å². The molecule has 0 bridgehead atoms. The van der Waals surface area contributed by atoms with E-state index in [4.69, 9.17) is 0 Å². The third-order valence-electron chi connectivity index (χ3n) is 2.80. The summed E-state index contributed by atoms with van der Waals surface area (Å²) in [6.07, 6.45) is 1.38. The van der Waals surface area contributed by atoms with Gasteiger partial charge < -0.3 is 10.6 Å². The summed E-state index contributed by atoms with van der Waals surface area (Å²) < 4.78 is 15.5. The Hall–Kier alpha value is -1.47. The Morgan fingerprint density at radius 1 is 1.29 bits per heavy atom. The zero-order chi connectivity index (χ0) is 15.6. The van der Waals surface area contributed by atoms with Gasteiger partial charge >= 0.3 is 0 Å². The van der Waals surface area contributed by atoms with Crippen molar-refractivity contribution in [1.82, 2.24) is 4.98 Å². The van der Waals surface area contributed by atoms with Crippen molar-refractivity contribution in [3.8, 4) is 0 Å². The first kappa shape index (κ1) is 15.9. The minimum atomic E-state index is -0.683. The largest absolute Gasteiger partial charge is 0.371 e. The summed E-state index contributed by atoms with van der Waals surface area (Å²) in [5.74, 6) is -1.20. The first-order valence-corrected chi connectivity index (χ1v) is 7.62. The molecule has 1 heterocycles. The highest BCUT2D eigenvalue weighted by Gasteiger charge is 2.17. The molecule has 21 heavy (non-hydrogen) atoms. The Balaban J connectivity index is 2.35. The second-order valence-corrected chi connectivity index (χ2v) is 6.04. The smallest absolute Gasteiger partial charge is 0.258 e. The van der Waals surface area contributed by atoms with Gasteiger partial charge in [-0.1, -0.05) is 0 Å². The third-order valence-corrected chi connectivity index (χ3v) is 4.05. The number of aromatic nitrogens is 1. The highest BCUT2D eigenvalue weighted by molar-refractivity contribution is 9.11. The molecule has 0 spiro atoms. The highest BCUT2D eigenvalue weighted by atomic mass is 79.9. The molecule has 7 heteroatoms. The van der Waals surface area contributed by atoms with Gasteiger partial charge in [-0.25, -0.2) is 9.37 Å². The molecule has 2 N–H and O–H groups in total. The van der Waals surface area contributed by atoms with E-state index >= 15 is 0 Å². The van der Waals surface area contributed by atoms with Gasteiger partial charge in [0.2, 0.25) is 0 Å². The normalized spacial score (nSPS) is 10.3. The van der Waals surface area contributed by atoms with Crippen LogP contribution in [0.5, 0.6) is 0 Å². The monoisotopic (exact) mass is 415 g/mol. The number of nitrogens with zero attached hydrogens (tertiary/aromatic N) is 1. The average Bonchev–Trinajstić information content (AvgIpc) is 2.42. The number of carbonyl (C=O) groups excluding carboxylic acids is 1. The van der Waals surface area contributed by atoms with Gasteiger partial charge in [0.25, 0.3) is 5.91 Å². The molecule has 0 unspecified atom stereocenters. The van der Waals surface area contributed by atoms with E-state index in [1.165, 1.54) is 12.3 Å². The zero-order valence-electron chi connectivity index (χ0n) is 11.3. The molecule has 1 amide bonds. The summed E-state index contributed by atoms with van der Waals surface area (Å²) in [7, 11) is 1.54. The summed E-state index contributed by atoms with van der Waals surface area (Å²) in [5, 5.41) is 5.29. The maximum atomic E-state index is 14.1. The van der Waals surface area contributed by atoms with Gasteiger partial charge in [0.05, 0.1) is 11.3 Å². The van der Waals surface area contributed by atoms with E-state index in [0.29, 0.717) is 14.6 Å². The van der Waals surface area contributed by atoms with Crippen molar-refractivity contribution in [3.63, 3.8) is 0 Å². The number of hydrogen-bond acceptors (Lipinski definition) is 3. The van der Waals surface area contributed by atoms with E-state index in [-0.39, 0.29) is 11.4 Å². The van der Waals surface area contributed by atoms with Crippen molar-refractivity contribution >= 4 is 49.3 Å². The summed E-state index contributed by atoms with van der Waals surface area (Å²) in [6.45, 7) is 1.93. The number of hydrogen-bond donors (Lipinski definition) is 2. The number of carbonyl (C=O) groups is 1. The van der Waals surface area contributed by atoms with Gasteiger partial charge in [-0.05, 0) is 62.5 Å². The number of halogens is 3. The van der Waals surface area contributed by atoms with Crippen LogP contribution >= 0.6 is 31.9 Å². The Morgan fingerprint density at radius 3 is 2.48 bits per heavy atom. The fourth-order valence-corrected chi connectivity index (χ4v) is 3.41. The molecule has 0 saturated heterocycles. The lowest BCUT2D eigenvalue weighted by molar-refractivity contribution is 0.102. The van der Waals surface area contributed by atoms with Crippen LogP contribution < -0.4 is 10.6 Å². The van der Waals surface area contributed by atoms with E-state index < -0.39 is 11.7 Å². The van der Waals surface area contributed by atoms with Gasteiger partial charge in [-0.15, -0.1) is 0 Å². The van der Waals surface area contributed by atoms with Crippen molar-refractivity contribution in [2.75, 3.05) is 17.7 Å². The number of aryl methyl sites for hydroxylation is 1. The SMILES string of the molecule is CNc1nccc(C(=O)Nc2c(Br)cc(C)cc2Br)c1F. The molecule has 0 fully saturated rings. The molecule has 2 rings (SSSR count). The standard InChI is InChI=1S/C14H12Br2FN3O/c1-7-5-9(15)12(10(16)6-7)20-14(21)8-3-4-19-13(18-2)11(8)17/h3-6H,1-2H3,(H,18,19)(H,20,21). The van der Waals surface area contributed by atoms with Crippen LogP contribution in [0, 0.1) is 12.7 Å². The molecule has 4 nitrogen and oxygen atoms in total. The van der Waals surface area contributed by atoms with Crippen LogP contribution in [-0.4, -0.2) is 17.9 Å². The van der Waals surface area contributed by atoms with E-state index in [2.05, 4.69) is 47.5 Å². The van der Waals surface area contributed by atoms with E-state index in [9.17, 15) is 9.18 Å². The summed E-state index contributed by atoms with van der Waals surface area (Å²) in [6, 6.07) is 5.06. The predicted molar refractivity (Wildman–Crippen MR) is 88.3 cm³/mol. The van der Waals surface area contributed by atoms with Crippen molar-refractivity contribution in [1.29, 1.82) is 0 Å². The van der Waals surface area contributed by atoms with Crippen LogP contribution in [0.25, 0.3) is 0 Å². The van der Waals surface area contributed by atoms with Gasteiger partial charge in [0.1, 0.15) is 0 Å². The maximum Gasteiger partial charge on any atom is 0.258 e. The number of rotatable bonds is 3. The third kappa shape index (κ3) is 3.41. The van der Waals surface area contributed by atoms with Crippen LogP contribution in [0.15, 0.2) is 33.3 Å². The van der Waals surface area contributed by atoms with Crippen molar-refractivity contribution in [2.45, 2.75) is 6.92 Å². The van der Waals surface area contributed by atoms with Crippen LogP contribution in [0.1, 0.15) is 15.9 Å². The molecular formula is C14H12Br2FN3O. The highest BCUT2D eigenvalue weighted by Crippen LogP contribution is 2.32. The summed E-state index contributed by atoms with van der Waals surface area (Å²) in [4.78, 5) is 16.1. The number of benzene rings is 1. The lowest BCUT2D eigenvalue weighted by Crippen LogP contribution is -2.16. The van der Waals surface area contributed by atoms with Crippen molar-refractivity contribution < 1.29 is 9.18 Å². The van der Waals surface area contributed by atoms with Gasteiger partial charge in [-0.2, -0.15) is 0 Å². The predicted octanol–water partition coefficient (Wildman–Crippen LogP) is 4.35. The first-order valence-electron chi connectivity index (χ1n) is 6.03. The quantitative estimate of drug-likeness (QED) is 0.782. The van der Waals surface area contributed by atoms with E-state index in [1.807, 2.05) is 19.1 Å². The number of pyridine rings is 1. The molecule has 2 aromatic rings. The molecule has 1 aromatic heterocycles. The van der Waals surface area contributed by atoms with E-state index in [0.717, 1.165) is 5.56 Å². The fourth-order valence-electron chi connectivity index (χ4n) is 1.79. The van der Waals surface area contributed by atoms with E-state index in [1.54, 1.807) is 7.05 Å². The molecule has 0 radical (unpaired) electrons. The average molecular weight is 417 g/mol. The Bertz CT molecular complexity index is 684. The topological polar surface area (TPSA) is 54.0 Å². The Labute approximate surface area is 138 Å². The minimum absolute atomic E-state index is 0.0321. The number of amides is 1. The Kier molecular flexibility index (Phi) is 4.95. The van der Waals surface area contributed by atoms with Crippen molar-refractivity contribution in [2.24, 2.45) is 0 Å².